The molecule has 11 fully saturated rings. The van der Waals surface area contributed by atoms with Gasteiger partial charge in [0.15, 0.2) is 49.9 Å². The minimum atomic E-state index is -2.20. The monoisotopic (exact) mass is 1470 g/mol. The predicted molar refractivity (Wildman–Crippen MR) is 336 cm³/mol. The lowest BCUT2D eigenvalue weighted by atomic mass is 9.33. The van der Waals surface area contributed by atoms with E-state index in [-0.39, 0.29) is 30.1 Å². The van der Waals surface area contributed by atoms with Crippen LogP contribution in [0.25, 0.3) is 0 Å². The molecule has 5 aliphatic carbocycles. The van der Waals surface area contributed by atoms with Gasteiger partial charge in [0, 0.05) is 0 Å². The number of ether oxygens (including phenoxy) is 14. The van der Waals surface area contributed by atoms with Crippen molar-refractivity contribution in [2.75, 3.05) is 26.4 Å². The molecular weight excluding hydrogens is 1360 g/mol. The van der Waals surface area contributed by atoms with Crippen molar-refractivity contribution in [2.45, 2.75) is 323 Å². The topological polar surface area (TPSA) is 528 Å². The third kappa shape index (κ3) is 13.6. The largest absolute Gasteiger partial charge is 0.479 e. The SMILES string of the molecule is CC1OC(OC2C(O)COC(OC(=O)C34CCC(C)(C)CC3C3=CCC5C6(C)CCC(OC7OC(C(=O)O)C(O)C(O)C7O)C(C)(C)C6CCC5(C)C3(C)CC4O)C2OC2OC(C)C(OC3OCC(O)C(O)C3O)C(OC3OCC(O)C(OC4OCC(O)C(O)C4O)C3O)C2O)C(O)C(O)C1O. The summed E-state index contributed by atoms with van der Waals surface area (Å²) in [5, 5.41) is 200. The number of carbonyl (C=O) groups is 2. The zero-order valence-corrected chi connectivity index (χ0v) is 58.6. The molecule has 0 bridgehead atoms. The van der Waals surface area contributed by atoms with Crippen LogP contribution in [0.15, 0.2) is 11.6 Å². The van der Waals surface area contributed by atoms with E-state index in [0.717, 1.165) is 5.57 Å². The van der Waals surface area contributed by atoms with E-state index < -0.39 is 274 Å². The second kappa shape index (κ2) is 29.4. The third-order valence-corrected chi connectivity index (χ3v) is 26.1. The quantitative estimate of drug-likeness (QED) is 0.0415. The van der Waals surface area contributed by atoms with Gasteiger partial charge >= 0.3 is 11.9 Å². The number of allylic oxidation sites excluding steroid dienone is 2. The lowest BCUT2D eigenvalue weighted by Gasteiger charge is -2.71. The molecule has 7 aliphatic heterocycles. The minimum Gasteiger partial charge on any atom is -0.479 e. The maximum atomic E-state index is 16.2. The number of esters is 1. The molecule has 0 spiro atoms. The van der Waals surface area contributed by atoms with Crippen molar-refractivity contribution in [3.8, 4) is 0 Å². The normalized spacial score (nSPS) is 54.7. The fourth-order valence-electron chi connectivity index (χ4n) is 19.8. The molecule has 584 valence electrons. The van der Waals surface area contributed by atoms with Crippen LogP contribution >= 0.6 is 0 Å². The van der Waals surface area contributed by atoms with Gasteiger partial charge in [0.25, 0.3) is 0 Å². The van der Waals surface area contributed by atoms with E-state index in [4.69, 9.17) is 66.3 Å². The Kier molecular flexibility index (Phi) is 22.8. The summed E-state index contributed by atoms with van der Waals surface area (Å²) in [7, 11) is 0. The molecule has 40 atom stereocenters. The molecule has 7 heterocycles. The molecule has 4 saturated carbocycles. The molecule has 0 aromatic carbocycles. The van der Waals surface area contributed by atoms with Gasteiger partial charge in [-0.25, -0.2) is 4.79 Å². The first-order valence-electron chi connectivity index (χ1n) is 35.8. The first-order valence-corrected chi connectivity index (χ1v) is 35.8. The first kappa shape index (κ1) is 79.0. The van der Waals surface area contributed by atoms with Gasteiger partial charge < -0.3 is 158 Å². The first-order chi connectivity index (χ1) is 47.7. The number of rotatable bonds is 15. The number of aliphatic carboxylic acids is 1. The summed E-state index contributed by atoms with van der Waals surface area (Å²) in [6.07, 6.45) is -51.0. The van der Waals surface area contributed by atoms with Gasteiger partial charge in [-0.3, -0.25) is 4.79 Å². The zero-order chi connectivity index (χ0) is 74.3. The number of carboxylic acids is 1. The Labute approximate surface area is 589 Å². The fourth-order valence-corrected chi connectivity index (χ4v) is 19.8. The van der Waals surface area contributed by atoms with Crippen LogP contribution in [0.5, 0.6) is 0 Å². The third-order valence-electron chi connectivity index (χ3n) is 26.1. The lowest BCUT2D eigenvalue weighted by molar-refractivity contribution is -0.399. The Balaban J connectivity index is 0.846. The molecule has 34 heteroatoms. The van der Waals surface area contributed by atoms with E-state index in [1.165, 1.54) is 13.8 Å². The van der Waals surface area contributed by atoms with Gasteiger partial charge in [-0.05, 0) is 116 Å². The summed E-state index contributed by atoms with van der Waals surface area (Å²) in [6, 6.07) is 0. The number of fused-ring (bicyclic) bond motifs is 7. The van der Waals surface area contributed by atoms with Gasteiger partial charge in [-0.15, -0.1) is 0 Å². The van der Waals surface area contributed by atoms with Gasteiger partial charge in [0.05, 0.1) is 50.8 Å². The standard InChI is InChI=1S/C68H108O34/c1-24-36(74)39(77)44(82)58(93-24)98-50-31(72)23-92-61(53(50)101-60-47(85)51(48(25(2)94-60)96-55-42(80)37(75)28(69)20-89-55)99-57-46(84)49(30(71)22-91-57)97-56-43(81)38(76)29(70)21-90-56)102-62(88)68-17-16-63(3,4)18-27(68)26-10-11-33-65(7)14-13-35(95-59-45(83)40(78)41(79)52(100-59)54(86)87)64(5,6)32(65)12-15-66(33,8)67(26,9)19-34(68)73/h10,24-25,27-53,55-61,69-85H,11-23H2,1-9H3,(H,86,87). The molecule has 40 unspecified atom stereocenters. The van der Waals surface area contributed by atoms with Crippen molar-refractivity contribution in [2.24, 2.45) is 50.2 Å². The van der Waals surface area contributed by atoms with E-state index >= 15 is 4.79 Å². The van der Waals surface area contributed by atoms with Gasteiger partial charge in [0.1, 0.15) is 127 Å². The van der Waals surface area contributed by atoms with Gasteiger partial charge in [-0.1, -0.05) is 60.1 Å². The van der Waals surface area contributed by atoms with Crippen LogP contribution in [0.2, 0.25) is 0 Å². The van der Waals surface area contributed by atoms with Crippen molar-refractivity contribution in [3.05, 3.63) is 11.6 Å². The summed E-state index contributed by atoms with van der Waals surface area (Å²) in [4.78, 5) is 28.2. The second-order valence-corrected chi connectivity index (χ2v) is 33.0. The molecule has 0 radical (unpaired) electrons. The molecule has 7 saturated heterocycles. The summed E-state index contributed by atoms with van der Waals surface area (Å²) in [5.74, 6) is -3.10. The smallest absolute Gasteiger partial charge is 0.335 e. The van der Waals surface area contributed by atoms with Crippen LogP contribution in [0.3, 0.4) is 0 Å². The number of hydrogen-bond acceptors (Lipinski definition) is 33. The Bertz CT molecular complexity index is 2970. The van der Waals surface area contributed by atoms with E-state index in [2.05, 4.69) is 54.5 Å². The van der Waals surface area contributed by atoms with Crippen LogP contribution in [-0.4, -0.2) is 333 Å². The highest BCUT2D eigenvalue weighted by atomic mass is 16.8. The molecular formula is C68H108O34. The van der Waals surface area contributed by atoms with Crippen LogP contribution in [0, 0.1) is 50.2 Å². The molecule has 12 rings (SSSR count). The highest BCUT2D eigenvalue weighted by Crippen LogP contribution is 2.76. The molecule has 102 heavy (non-hydrogen) atoms. The van der Waals surface area contributed by atoms with Crippen molar-refractivity contribution < 1.29 is 168 Å². The van der Waals surface area contributed by atoms with E-state index in [1.807, 2.05) is 0 Å². The zero-order valence-electron chi connectivity index (χ0n) is 58.6. The molecule has 34 nitrogen and oxygen atoms in total. The molecule has 0 amide bonds. The van der Waals surface area contributed by atoms with Crippen LogP contribution < -0.4 is 0 Å². The Morgan fingerprint density at radius 1 is 0.441 bits per heavy atom. The van der Waals surface area contributed by atoms with Gasteiger partial charge in [-0.2, -0.15) is 0 Å². The highest BCUT2D eigenvalue weighted by Gasteiger charge is 2.73. The second-order valence-electron chi connectivity index (χ2n) is 33.0. The summed E-state index contributed by atoms with van der Waals surface area (Å²) < 4.78 is 85.1. The van der Waals surface area contributed by atoms with Crippen LogP contribution in [0.1, 0.15) is 120 Å². The van der Waals surface area contributed by atoms with Crippen molar-refractivity contribution in [1.29, 1.82) is 0 Å². The fraction of sp³-hybridized carbons (Fsp3) is 0.941. The predicted octanol–water partition coefficient (Wildman–Crippen LogP) is -4.89. The van der Waals surface area contributed by atoms with Crippen LogP contribution in [-0.2, 0) is 75.9 Å². The Morgan fingerprint density at radius 2 is 0.931 bits per heavy atom. The van der Waals surface area contributed by atoms with Crippen molar-refractivity contribution >= 4 is 11.9 Å². The summed E-state index contributed by atoms with van der Waals surface area (Å²) >= 11 is 0. The highest BCUT2D eigenvalue weighted by molar-refractivity contribution is 5.80. The summed E-state index contributed by atoms with van der Waals surface area (Å²) in [5.41, 5.74) is -3.30. The average molecular weight is 1470 g/mol. The van der Waals surface area contributed by atoms with Crippen molar-refractivity contribution in [1.82, 2.24) is 0 Å². The average Bonchev–Trinajstić information content (AvgIpc) is 0.671. The number of hydrogen-bond donors (Lipinski definition) is 18. The van der Waals surface area contributed by atoms with Crippen LogP contribution in [0.4, 0.5) is 0 Å². The lowest BCUT2D eigenvalue weighted by Crippen LogP contribution is -2.69. The number of carboxylic acid groups (broad SMARTS) is 1. The maximum absolute atomic E-state index is 16.2. The number of aliphatic hydroxyl groups is 17. The van der Waals surface area contributed by atoms with E-state index in [1.54, 1.807) is 0 Å². The number of carbonyl (C=O) groups excluding carboxylic acids is 1. The Hall–Kier alpha value is -2.52. The molecule has 18 N–H and O–H groups in total. The minimum absolute atomic E-state index is 0.00414. The Morgan fingerprint density at radius 3 is 1.55 bits per heavy atom. The summed E-state index contributed by atoms with van der Waals surface area (Å²) in [6.45, 7) is 15.5. The maximum Gasteiger partial charge on any atom is 0.335 e. The number of aliphatic hydroxyl groups excluding tert-OH is 17. The van der Waals surface area contributed by atoms with Gasteiger partial charge in [0.2, 0.25) is 6.29 Å². The molecule has 0 aromatic rings. The van der Waals surface area contributed by atoms with E-state index in [0.29, 0.717) is 44.9 Å². The molecule has 0 aromatic heterocycles. The van der Waals surface area contributed by atoms with Crippen molar-refractivity contribution in [3.63, 3.8) is 0 Å². The molecule has 12 aliphatic rings. The van der Waals surface area contributed by atoms with E-state index in [9.17, 15) is 96.7 Å².